The SMILES string of the molecule is COC(=O)c1ccc(COc2ccc(Br)cc2)o1. The fraction of sp³-hybridized carbons (Fsp3) is 0.154. The van der Waals surface area contributed by atoms with Crippen LogP contribution >= 0.6 is 15.9 Å². The van der Waals surface area contributed by atoms with Gasteiger partial charge in [-0.3, -0.25) is 0 Å². The average Bonchev–Trinajstić information content (AvgIpc) is 2.86. The lowest BCUT2D eigenvalue weighted by molar-refractivity contribution is 0.0561. The molecule has 0 bridgehead atoms. The summed E-state index contributed by atoms with van der Waals surface area (Å²) in [5.74, 6) is 0.976. The largest absolute Gasteiger partial charge is 0.486 e. The summed E-state index contributed by atoms with van der Waals surface area (Å²) >= 11 is 3.34. The Morgan fingerprint density at radius 2 is 1.94 bits per heavy atom. The molecule has 0 aliphatic carbocycles. The molecule has 2 rings (SSSR count). The molecule has 0 aliphatic heterocycles. The van der Waals surface area contributed by atoms with Crippen LogP contribution < -0.4 is 4.74 Å². The zero-order valence-electron chi connectivity index (χ0n) is 9.68. The number of halogens is 1. The highest BCUT2D eigenvalue weighted by Gasteiger charge is 2.11. The summed E-state index contributed by atoms with van der Waals surface area (Å²) < 4.78 is 16.3. The van der Waals surface area contributed by atoms with E-state index in [1.54, 1.807) is 12.1 Å². The number of carbonyl (C=O) groups excluding carboxylic acids is 1. The van der Waals surface area contributed by atoms with Crippen LogP contribution in [0, 0.1) is 0 Å². The first-order chi connectivity index (χ1) is 8.69. The molecule has 1 aromatic heterocycles. The highest BCUT2D eigenvalue weighted by molar-refractivity contribution is 9.10. The second-order valence-electron chi connectivity index (χ2n) is 3.50. The van der Waals surface area contributed by atoms with Crippen LogP contribution in [0.4, 0.5) is 0 Å². The van der Waals surface area contributed by atoms with E-state index in [1.807, 2.05) is 24.3 Å². The Kier molecular flexibility index (Phi) is 4.04. The first-order valence-corrected chi connectivity index (χ1v) is 6.04. The molecule has 0 radical (unpaired) electrons. The van der Waals surface area contributed by atoms with Gasteiger partial charge in [-0.1, -0.05) is 15.9 Å². The Balaban J connectivity index is 1.96. The number of furan rings is 1. The van der Waals surface area contributed by atoms with Gasteiger partial charge in [-0.2, -0.15) is 0 Å². The molecule has 1 aromatic carbocycles. The molecule has 0 spiro atoms. The first kappa shape index (κ1) is 12.7. The van der Waals surface area contributed by atoms with Gasteiger partial charge in [0.05, 0.1) is 7.11 Å². The van der Waals surface area contributed by atoms with E-state index in [1.165, 1.54) is 7.11 Å². The fourth-order valence-corrected chi connectivity index (χ4v) is 1.62. The molecule has 0 saturated heterocycles. The van der Waals surface area contributed by atoms with E-state index < -0.39 is 5.97 Å². The number of ether oxygens (including phenoxy) is 2. The molecule has 0 aliphatic rings. The van der Waals surface area contributed by atoms with Crippen LogP contribution in [0.15, 0.2) is 45.3 Å². The lowest BCUT2D eigenvalue weighted by Gasteiger charge is -2.03. The molecular formula is C13H11BrO4. The predicted molar refractivity (Wildman–Crippen MR) is 68.5 cm³/mol. The Morgan fingerprint density at radius 1 is 1.22 bits per heavy atom. The van der Waals surface area contributed by atoms with Crippen molar-refractivity contribution in [3.05, 3.63) is 52.4 Å². The first-order valence-electron chi connectivity index (χ1n) is 5.24. The van der Waals surface area contributed by atoms with Gasteiger partial charge in [-0.25, -0.2) is 4.79 Å². The third-order valence-electron chi connectivity index (χ3n) is 2.24. The molecule has 0 unspecified atom stereocenters. The highest BCUT2D eigenvalue weighted by Crippen LogP contribution is 2.18. The zero-order valence-corrected chi connectivity index (χ0v) is 11.3. The second-order valence-corrected chi connectivity index (χ2v) is 4.42. The minimum Gasteiger partial charge on any atom is -0.486 e. The smallest absolute Gasteiger partial charge is 0.373 e. The minimum atomic E-state index is -0.495. The van der Waals surface area contributed by atoms with Crippen molar-refractivity contribution in [1.29, 1.82) is 0 Å². The Labute approximate surface area is 113 Å². The van der Waals surface area contributed by atoms with Crippen molar-refractivity contribution in [3.63, 3.8) is 0 Å². The van der Waals surface area contributed by atoms with E-state index >= 15 is 0 Å². The zero-order chi connectivity index (χ0) is 13.0. The van der Waals surface area contributed by atoms with Crippen molar-refractivity contribution >= 4 is 21.9 Å². The van der Waals surface area contributed by atoms with Gasteiger partial charge in [0.2, 0.25) is 5.76 Å². The number of esters is 1. The van der Waals surface area contributed by atoms with Crippen LogP contribution in [0.2, 0.25) is 0 Å². The summed E-state index contributed by atoms with van der Waals surface area (Å²) in [4.78, 5) is 11.2. The summed E-state index contributed by atoms with van der Waals surface area (Å²) in [6.07, 6.45) is 0. The van der Waals surface area contributed by atoms with Crippen molar-refractivity contribution in [3.8, 4) is 5.75 Å². The van der Waals surface area contributed by atoms with E-state index in [0.717, 1.165) is 10.2 Å². The number of hydrogen-bond donors (Lipinski definition) is 0. The van der Waals surface area contributed by atoms with Crippen LogP contribution in [-0.4, -0.2) is 13.1 Å². The summed E-state index contributed by atoms with van der Waals surface area (Å²) in [7, 11) is 1.31. The molecule has 0 saturated carbocycles. The number of hydrogen-bond acceptors (Lipinski definition) is 4. The Morgan fingerprint density at radius 3 is 2.61 bits per heavy atom. The van der Waals surface area contributed by atoms with E-state index in [2.05, 4.69) is 20.7 Å². The molecule has 5 heteroatoms. The fourth-order valence-electron chi connectivity index (χ4n) is 1.35. The maximum Gasteiger partial charge on any atom is 0.373 e. The number of rotatable bonds is 4. The second kappa shape index (κ2) is 5.73. The summed E-state index contributed by atoms with van der Waals surface area (Å²) in [5.41, 5.74) is 0. The van der Waals surface area contributed by atoms with Crippen molar-refractivity contribution < 1.29 is 18.7 Å². The predicted octanol–water partition coefficient (Wildman–Crippen LogP) is 3.41. The van der Waals surface area contributed by atoms with Gasteiger partial charge in [-0.05, 0) is 36.4 Å². The van der Waals surface area contributed by atoms with Gasteiger partial charge in [0.25, 0.3) is 0 Å². The molecule has 0 N–H and O–H groups in total. The van der Waals surface area contributed by atoms with Gasteiger partial charge in [0, 0.05) is 4.47 Å². The molecule has 0 atom stereocenters. The summed E-state index contributed by atoms with van der Waals surface area (Å²) in [6.45, 7) is 0.263. The normalized spacial score (nSPS) is 10.1. The molecular weight excluding hydrogens is 300 g/mol. The van der Waals surface area contributed by atoms with Crippen LogP contribution in [0.3, 0.4) is 0 Å². The number of methoxy groups -OCH3 is 1. The third kappa shape index (κ3) is 3.13. The van der Waals surface area contributed by atoms with Gasteiger partial charge in [0.15, 0.2) is 0 Å². The quantitative estimate of drug-likeness (QED) is 0.812. The lowest BCUT2D eigenvalue weighted by Crippen LogP contribution is -1.99. The number of benzene rings is 1. The van der Waals surface area contributed by atoms with Crippen LogP contribution in [0.5, 0.6) is 5.75 Å². The molecule has 1 heterocycles. The van der Waals surface area contributed by atoms with Gasteiger partial charge in [0.1, 0.15) is 18.1 Å². The topological polar surface area (TPSA) is 48.7 Å². The Bertz CT molecular complexity index is 530. The molecule has 2 aromatic rings. The minimum absolute atomic E-state index is 0.173. The van der Waals surface area contributed by atoms with Crippen LogP contribution in [0.1, 0.15) is 16.3 Å². The maximum absolute atomic E-state index is 11.2. The standard InChI is InChI=1S/C13H11BrO4/c1-16-13(15)12-7-6-11(18-12)8-17-10-4-2-9(14)3-5-10/h2-7H,8H2,1H3. The summed E-state index contributed by atoms with van der Waals surface area (Å²) in [6, 6.07) is 10.7. The van der Waals surface area contributed by atoms with E-state index in [0.29, 0.717) is 5.76 Å². The summed E-state index contributed by atoms with van der Waals surface area (Å²) in [5, 5.41) is 0. The molecule has 4 nitrogen and oxygen atoms in total. The third-order valence-corrected chi connectivity index (χ3v) is 2.77. The average molecular weight is 311 g/mol. The maximum atomic E-state index is 11.2. The van der Waals surface area contributed by atoms with Crippen molar-refractivity contribution in [1.82, 2.24) is 0 Å². The van der Waals surface area contributed by atoms with Crippen molar-refractivity contribution in [2.75, 3.05) is 7.11 Å². The van der Waals surface area contributed by atoms with Crippen molar-refractivity contribution in [2.24, 2.45) is 0 Å². The van der Waals surface area contributed by atoms with E-state index in [9.17, 15) is 4.79 Å². The van der Waals surface area contributed by atoms with Crippen LogP contribution in [0.25, 0.3) is 0 Å². The lowest BCUT2D eigenvalue weighted by atomic mass is 10.3. The van der Waals surface area contributed by atoms with E-state index in [4.69, 9.17) is 9.15 Å². The van der Waals surface area contributed by atoms with Gasteiger partial charge < -0.3 is 13.9 Å². The van der Waals surface area contributed by atoms with E-state index in [-0.39, 0.29) is 12.4 Å². The molecule has 0 amide bonds. The molecule has 0 fully saturated rings. The number of carbonyl (C=O) groups is 1. The molecule has 18 heavy (non-hydrogen) atoms. The van der Waals surface area contributed by atoms with Gasteiger partial charge >= 0.3 is 5.97 Å². The molecule has 94 valence electrons. The monoisotopic (exact) mass is 310 g/mol. The van der Waals surface area contributed by atoms with Gasteiger partial charge in [-0.15, -0.1) is 0 Å². The highest BCUT2D eigenvalue weighted by atomic mass is 79.9. The van der Waals surface area contributed by atoms with Crippen molar-refractivity contribution in [2.45, 2.75) is 6.61 Å². The Hall–Kier alpha value is -1.75. The van der Waals surface area contributed by atoms with Crippen LogP contribution in [-0.2, 0) is 11.3 Å².